The van der Waals surface area contributed by atoms with E-state index in [1.165, 1.54) is 11.1 Å². The summed E-state index contributed by atoms with van der Waals surface area (Å²) in [6, 6.07) is 73.9. The number of hydrogen-bond acceptors (Lipinski definition) is 2. The monoisotopic (exact) mass is 801 g/mol. The van der Waals surface area contributed by atoms with Crippen molar-refractivity contribution < 1.29 is 0 Å². The van der Waals surface area contributed by atoms with E-state index in [2.05, 4.69) is 208 Å². The quantitative estimate of drug-likeness (QED) is 0.178. The molecule has 12 aromatic rings. The minimum Gasteiger partial charge on any atom is -0.307 e. The van der Waals surface area contributed by atoms with Crippen LogP contribution < -0.4 is 0 Å². The van der Waals surface area contributed by atoms with Crippen LogP contribution in [0.2, 0.25) is 0 Å². The van der Waals surface area contributed by atoms with E-state index < -0.39 is 0 Å². The molecule has 0 N–H and O–H groups in total. The third kappa shape index (κ3) is 4.79. The van der Waals surface area contributed by atoms with Crippen LogP contribution in [-0.4, -0.2) is 13.7 Å². The van der Waals surface area contributed by atoms with Crippen LogP contribution in [0.3, 0.4) is 0 Å². The number of rotatable bonds is 4. The maximum absolute atomic E-state index is 12.2. The summed E-state index contributed by atoms with van der Waals surface area (Å²) in [5.41, 5.74) is 14.5. The number of fused-ring (bicyclic) bond motifs is 12. The SMILES string of the molecule is N#Cc1c(C2Cc3ccccc3-c3ccccc32)c(-n2c3ccccc3c3ccccc32)c(-n2c3ccccc3c3ccccc32)c(C#N)c1-n1c2ccccc2c2ccccc21. The van der Waals surface area contributed by atoms with Crippen LogP contribution in [0.15, 0.2) is 194 Å². The van der Waals surface area contributed by atoms with Crippen LogP contribution in [0.4, 0.5) is 0 Å². The first kappa shape index (κ1) is 35.1. The fourth-order valence-corrected chi connectivity index (χ4v) is 11.0. The van der Waals surface area contributed by atoms with Gasteiger partial charge in [0.1, 0.15) is 17.7 Å². The number of hydrogen-bond donors (Lipinski definition) is 0. The third-order valence-corrected chi connectivity index (χ3v) is 13.5. The number of aromatic nitrogens is 3. The Balaban J connectivity index is 1.34. The third-order valence-electron chi connectivity index (χ3n) is 13.5. The van der Waals surface area contributed by atoms with Crippen LogP contribution in [0.5, 0.6) is 0 Å². The van der Waals surface area contributed by atoms with Crippen molar-refractivity contribution in [2.45, 2.75) is 12.3 Å². The summed E-state index contributed by atoms with van der Waals surface area (Å²) in [5.74, 6) is -0.271. The minimum atomic E-state index is -0.271. The molecule has 9 aromatic carbocycles. The fraction of sp³-hybridized carbons (Fsp3) is 0.0345. The highest BCUT2D eigenvalue weighted by atomic mass is 15.1. The molecule has 1 unspecified atom stereocenters. The van der Waals surface area contributed by atoms with Crippen molar-refractivity contribution >= 4 is 65.4 Å². The summed E-state index contributed by atoms with van der Waals surface area (Å²) in [6.07, 6.45) is 0.664. The van der Waals surface area contributed by atoms with E-state index in [1.54, 1.807) is 0 Å². The van der Waals surface area contributed by atoms with Gasteiger partial charge in [0.2, 0.25) is 0 Å². The lowest BCUT2D eigenvalue weighted by Gasteiger charge is -2.33. The van der Waals surface area contributed by atoms with Gasteiger partial charge in [0.15, 0.2) is 0 Å². The average molecular weight is 802 g/mol. The lowest BCUT2D eigenvalue weighted by Crippen LogP contribution is -2.21. The van der Waals surface area contributed by atoms with Gasteiger partial charge in [-0.1, -0.05) is 158 Å². The van der Waals surface area contributed by atoms with Gasteiger partial charge in [-0.15, -0.1) is 0 Å². The summed E-state index contributed by atoms with van der Waals surface area (Å²) < 4.78 is 6.87. The van der Waals surface area contributed by atoms with E-state index in [0.717, 1.165) is 93.5 Å². The number of nitrogens with zero attached hydrogens (tertiary/aromatic N) is 5. The van der Waals surface area contributed by atoms with Gasteiger partial charge in [-0.3, -0.25) is 0 Å². The maximum Gasteiger partial charge on any atom is 0.104 e. The van der Waals surface area contributed by atoms with Gasteiger partial charge in [-0.05, 0) is 65.1 Å². The Bertz CT molecular complexity index is 3830. The van der Waals surface area contributed by atoms with Crippen LogP contribution in [0.25, 0.3) is 93.6 Å². The van der Waals surface area contributed by atoms with Gasteiger partial charge in [-0.25, -0.2) is 0 Å². The van der Waals surface area contributed by atoms with E-state index >= 15 is 0 Å². The Morgan fingerprint density at radius 2 is 0.698 bits per heavy atom. The molecular formula is C58H35N5. The Labute approximate surface area is 362 Å². The number of para-hydroxylation sites is 6. The van der Waals surface area contributed by atoms with Crippen molar-refractivity contribution in [2.24, 2.45) is 0 Å². The normalized spacial score (nSPS) is 13.5. The predicted octanol–water partition coefficient (Wildman–Crippen LogP) is 14.1. The summed E-state index contributed by atoms with van der Waals surface area (Å²) >= 11 is 0. The van der Waals surface area contributed by atoms with Gasteiger partial charge in [0.05, 0.1) is 55.7 Å². The zero-order valence-corrected chi connectivity index (χ0v) is 34.0. The van der Waals surface area contributed by atoms with Gasteiger partial charge in [0, 0.05) is 43.8 Å². The Kier molecular flexibility index (Phi) is 7.49. The van der Waals surface area contributed by atoms with Gasteiger partial charge in [-0.2, -0.15) is 10.5 Å². The highest BCUT2D eigenvalue weighted by Gasteiger charge is 2.37. The standard InChI is InChI=1S/C58H35N5/c59-34-47-55(46-33-36-17-1-2-18-37(36)38-19-3-4-20-39(38)46)58(63-53-31-15-9-25-44(53)45-26-10-16-32-54(45)63)57(62-51-29-13-7-23-42(51)43-24-8-14-30-52(43)62)48(35-60)56(47)61-49-27-11-5-21-40(49)41-22-6-12-28-50(41)61/h1-32,46H,33H2. The maximum atomic E-state index is 12.2. The second kappa shape index (κ2) is 13.4. The van der Waals surface area contributed by atoms with Crippen molar-refractivity contribution in [2.75, 3.05) is 0 Å². The molecule has 3 heterocycles. The van der Waals surface area contributed by atoms with Crippen LogP contribution in [-0.2, 0) is 6.42 Å². The second-order valence-electron chi connectivity index (χ2n) is 16.5. The summed E-state index contributed by atoms with van der Waals surface area (Å²) in [4.78, 5) is 0. The molecule has 1 aliphatic carbocycles. The lowest BCUT2D eigenvalue weighted by atomic mass is 9.73. The van der Waals surface area contributed by atoms with E-state index in [9.17, 15) is 10.5 Å². The smallest absolute Gasteiger partial charge is 0.104 e. The molecule has 0 amide bonds. The molecule has 0 spiro atoms. The first-order valence-electron chi connectivity index (χ1n) is 21.4. The van der Waals surface area contributed by atoms with Crippen molar-refractivity contribution in [3.63, 3.8) is 0 Å². The molecule has 1 aliphatic rings. The van der Waals surface area contributed by atoms with Crippen LogP contribution >= 0.6 is 0 Å². The van der Waals surface area contributed by atoms with E-state index in [1.807, 2.05) is 12.1 Å². The molecule has 63 heavy (non-hydrogen) atoms. The summed E-state index contributed by atoms with van der Waals surface area (Å²) in [6.45, 7) is 0. The number of benzene rings is 9. The number of nitriles is 2. The van der Waals surface area contributed by atoms with Crippen molar-refractivity contribution in [1.82, 2.24) is 13.7 Å². The molecular weight excluding hydrogens is 767 g/mol. The van der Waals surface area contributed by atoms with E-state index in [0.29, 0.717) is 23.2 Å². The van der Waals surface area contributed by atoms with E-state index in [4.69, 9.17) is 0 Å². The lowest BCUT2D eigenvalue weighted by molar-refractivity contribution is 0.780. The highest BCUT2D eigenvalue weighted by molar-refractivity contribution is 6.13. The molecule has 0 aliphatic heterocycles. The Hall–Kier alpha value is -8.64. The molecule has 292 valence electrons. The van der Waals surface area contributed by atoms with Gasteiger partial charge < -0.3 is 13.7 Å². The Morgan fingerprint density at radius 3 is 1.14 bits per heavy atom. The molecule has 13 rings (SSSR count). The van der Waals surface area contributed by atoms with Crippen molar-refractivity contribution in [3.05, 3.63) is 222 Å². The zero-order valence-electron chi connectivity index (χ0n) is 34.0. The molecule has 0 bridgehead atoms. The fourth-order valence-electron chi connectivity index (χ4n) is 11.0. The molecule has 0 fully saturated rings. The van der Waals surface area contributed by atoms with Crippen LogP contribution in [0, 0.1) is 22.7 Å². The first-order chi connectivity index (χ1) is 31.2. The molecule has 1 atom stereocenters. The van der Waals surface area contributed by atoms with Gasteiger partial charge >= 0.3 is 0 Å². The predicted molar refractivity (Wildman–Crippen MR) is 256 cm³/mol. The van der Waals surface area contributed by atoms with Crippen molar-refractivity contribution in [3.8, 4) is 40.3 Å². The summed E-state index contributed by atoms with van der Waals surface area (Å²) in [7, 11) is 0. The van der Waals surface area contributed by atoms with Crippen molar-refractivity contribution in [1.29, 1.82) is 10.5 Å². The molecule has 3 aromatic heterocycles. The van der Waals surface area contributed by atoms with Gasteiger partial charge in [0.25, 0.3) is 0 Å². The molecule has 0 saturated heterocycles. The molecule has 0 saturated carbocycles. The Morgan fingerprint density at radius 1 is 0.349 bits per heavy atom. The summed E-state index contributed by atoms with van der Waals surface area (Å²) in [5, 5.41) is 30.8. The zero-order chi connectivity index (χ0) is 41.8. The topological polar surface area (TPSA) is 62.4 Å². The van der Waals surface area contributed by atoms with Crippen LogP contribution in [0.1, 0.15) is 33.7 Å². The minimum absolute atomic E-state index is 0.271. The average Bonchev–Trinajstić information content (AvgIpc) is 3.98. The highest BCUT2D eigenvalue weighted by Crippen LogP contribution is 2.52. The van der Waals surface area contributed by atoms with E-state index in [-0.39, 0.29) is 5.92 Å². The largest absolute Gasteiger partial charge is 0.307 e. The molecule has 0 radical (unpaired) electrons. The molecule has 5 heteroatoms. The molecule has 5 nitrogen and oxygen atoms in total. The first-order valence-corrected chi connectivity index (χ1v) is 21.4. The second-order valence-corrected chi connectivity index (χ2v) is 16.5.